The van der Waals surface area contributed by atoms with Gasteiger partial charge in [-0.15, -0.1) is 0 Å². The van der Waals surface area contributed by atoms with Crippen molar-refractivity contribution in [2.24, 2.45) is 0 Å². The molecule has 0 aliphatic heterocycles. The van der Waals surface area contributed by atoms with Gasteiger partial charge in [-0.25, -0.2) is 0 Å². The lowest BCUT2D eigenvalue weighted by Gasteiger charge is -1.88. The van der Waals surface area contributed by atoms with Crippen molar-refractivity contribution >= 4 is 12.6 Å². The van der Waals surface area contributed by atoms with Gasteiger partial charge in [-0.3, -0.25) is 9.59 Å². The Labute approximate surface area is 55.3 Å². The van der Waals surface area contributed by atoms with Gasteiger partial charge in [0.15, 0.2) is 12.6 Å². The van der Waals surface area contributed by atoms with Crippen molar-refractivity contribution in [3.8, 4) is 0 Å². The molecule has 0 N–H and O–H groups in total. The Bertz CT molecular complexity index is 69.0. The van der Waals surface area contributed by atoms with E-state index in [0.717, 1.165) is 19.3 Å². The number of rotatable bonds is 6. The van der Waals surface area contributed by atoms with Gasteiger partial charge in [-0.05, 0) is 12.8 Å². The third-order valence-electron chi connectivity index (χ3n) is 1.06. The molecule has 0 aliphatic rings. The summed E-state index contributed by atoms with van der Waals surface area (Å²) in [6.07, 6.45) is 7.23. The van der Waals surface area contributed by atoms with Crippen LogP contribution in [0.1, 0.15) is 32.1 Å². The molecule has 0 unspecified atom stereocenters. The lowest BCUT2D eigenvalue weighted by Crippen LogP contribution is -1.79. The molecule has 2 heteroatoms. The number of hydrogen-bond donors (Lipinski definition) is 0. The maximum Gasteiger partial charge on any atom is 0.198 e. The summed E-state index contributed by atoms with van der Waals surface area (Å²) in [5, 5.41) is 0. The largest absolute Gasteiger partial charge is 0.291 e. The molecule has 0 spiro atoms. The highest BCUT2D eigenvalue weighted by Crippen LogP contribution is 1.98. The molecule has 0 bridgehead atoms. The van der Waals surface area contributed by atoms with E-state index in [4.69, 9.17) is 0 Å². The highest BCUT2D eigenvalue weighted by Gasteiger charge is 1.87. The second kappa shape index (κ2) is 7.34. The van der Waals surface area contributed by atoms with Gasteiger partial charge < -0.3 is 0 Å². The first kappa shape index (κ1) is 8.34. The van der Waals surface area contributed by atoms with E-state index in [2.05, 4.69) is 0 Å². The Morgan fingerprint density at radius 3 is 1.56 bits per heavy atom. The van der Waals surface area contributed by atoms with Crippen LogP contribution in [0.4, 0.5) is 0 Å². The van der Waals surface area contributed by atoms with Crippen LogP contribution in [0.5, 0.6) is 0 Å². The first-order chi connectivity index (χ1) is 4.41. The maximum atomic E-state index is 9.64. The van der Waals surface area contributed by atoms with Crippen LogP contribution in [0.2, 0.25) is 0 Å². The smallest absolute Gasteiger partial charge is 0.198 e. The molecule has 0 atom stereocenters. The minimum Gasteiger partial charge on any atom is -0.291 e. The van der Waals surface area contributed by atoms with Crippen molar-refractivity contribution in [1.29, 1.82) is 0 Å². The summed E-state index contributed by atoms with van der Waals surface area (Å²) in [4.78, 5) is 19.3. The molecule has 0 saturated carbocycles. The molecule has 0 aromatic heterocycles. The summed E-state index contributed by atoms with van der Waals surface area (Å²) in [6.45, 7) is 0. The van der Waals surface area contributed by atoms with E-state index < -0.39 is 0 Å². The molecule has 2 nitrogen and oxygen atoms in total. The van der Waals surface area contributed by atoms with Crippen LogP contribution in [0.25, 0.3) is 0 Å². The van der Waals surface area contributed by atoms with E-state index >= 15 is 0 Å². The Morgan fingerprint density at radius 1 is 0.778 bits per heavy atom. The van der Waals surface area contributed by atoms with E-state index in [0.29, 0.717) is 12.8 Å². The average Bonchev–Trinajstić information content (AvgIpc) is 1.89. The summed E-state index contributed by atoms with van der Waals surface area (Å²) in [6, 6.07) is 0. The molecule has 0 aliphatic carbocycles. The number of hydrogen-bond acceptors (Lipinski definition) is 2. The van der Waals surface area contributed by atoms with Gasteiger partial charge in [0.25, 0.3) is 0 Å². The van der Waals surface area contributed by atoms with Gasteiger partial charge in [-0.2, -0.15) is 0 Å². The van der Waals surface area contributed by atoms with Crippen molar-refractivity contribution in [2.75, 3.05) is 0 Å². The van der Waals surface area contributed by atoms with Gasteiger partial charge in [0.05, 0.1) is 0 Å². The van der Waals surface area contributed by atoms with Crippen molar-refractivity contribution in [3.63, 3.8) is 0 Å². The fourth-order valence-corrected chi connectivity index (χ4v) is 0.571. The first-order valence-electron chi connectivity index (χ1n) is 3.12. The Kier molecular flexibility index (Phi) is 6.80. The van der Waals surface area contributed by atoms with Crippen molar-refractivity contribution in [3.05, 3.63) is 0 Å². The van der Waals surface area contributed by atoms with Crippen molar-refractivity contribution in [2.45, 2.75) is 32.1 Å². The number of unbranched alkanes of at least 4 members (excludes halogenated alkanes) is 4. The normalized spacial score (nSPS) is 8.89. The predicted octanol–water partition coefficient (Wildman–Crippen LogP) is 1.16. The van der Waals surface area contributed by atoms with Crippen LogP contribution in [0, 0.1) is 0 Å². The zero-order valence-electron chi connectivity index (χ0n) is 5.35. The quantitative estimate of drug-likeness (QED) is 0.500. The summed E-state index contributed by atoms with van der Waals surface area (Å²) < 4.78 is 0. The fourth-order valence-electron chi connectivity index (χ4n) is 0.571. The van der Waals surface area contributed by atoms with Gasteiger partial charge in [0, 0.05) is 12.8 Å². The molecule has 2 radical (unpaired) electrons. The van der Waals surface area contributed by atoms with Crippen molar-refractivity contribution < 1.29 is 9.59 Å². The lowest BCUT2D eigenvalue weighted by molar-refractivity contribution is 0.539. The van der Waals surface area contributed by atoms with Gasteiger partial charge in [0.2, 0.25) is 0 Å². The minimum absolute atomic E-state index is 0.499. The SMILES string of the molecule is O=[C]CCCCC[C]=O. The fraction of sp³-hybridized carbons (Fsp3) is 0.714. The second-order valence-corrected chi connectivity index (χ2v) is 1.85. The van der Waals surface area contributed by atoms with Gasteiger partial charge in [-0.1, -0.05) is 6.42 Å². The Hall–Kier alpha value is -0.660. The molecule has 0 fully saturated rings. The lowest BCUT2D eigenvalue weighted by atomic mass is 10.2. The molecular formula is C7H10O2. The third-order valence-corrected chi connectivity index (χ3v) is 1.06. The average molecular weight is 126 g/mol. The van der Waals surface area contributed by atoms with Crippen LogP contribution >= 0.6 is 0 Å². The van der Waals surface area contributed by atoms with Crippen LogP contribution < -0.4 is 0 Å². The summed E-state index contributed by atoms with van der Waals surface area (Å²) >= 11 is 0. The highest BCUT2D eigenvalue weighted by molar-refractivity contribution is 5.50. The molecule has 0 amide bonds. The van der Waals surface area contributed by atoms with Crippen molar-refractivity contribution in [1.82, 2.24) is 0 Å². The monoisotopic (exact) mass is 126 g/mol. The standard InChI is InChI=1S/C7H10O2/c8-6-4-2-1-3-5-7-9/h1-5H2. The van der Waals surface area contributed by atoms with Crippen LogP contribution in [-0.4, -0.2) is 12.6 Å². The maximum absolute atomic E-state index is 9.64. The van der Waals surface area contributed by atoms with E-state index in [1.807, 2.05) is 0 Å². The molecule has 0 rings (SSSR count). The van der Waals surface area contributed by atoms with E-state index in [-0.39, 0.29) is 0 Å². The number of carbonyl (C=O) groups excluding carboxylic acids is 2. The topological polar surface area (TPSA) is 34.1 Å². The summed E-state index contributed by atoms with van der Waals surface area (Å²) in [7, 11) is 0. The Balaban J connectivity index is 2.74. The highest BCUT2D eigenvalue weighted by atomic mass is 16.1. The molecule has 0 aromatic rings. The van der Waals surface area contributed by atoms with E-state index in [1.54, 1.807) is 12.6 Å². The molecule has 0 aromatic carbocycles. The minimum atomic E-state index is 0.499. The van der Waals surface area contributed by atoms with Crippen LogP contribution in [0.3, 0.4) is 0 Å². The molecule has 0 heterocycles. The third kappa shape index (κ3) is 7.34. The molecule has 9 heavy (non-hydrogen) atoms. The van der Waals surface area contributed by atoms with Crippen LogP contribution in [0.15, 0.2) is 0 Å². The molecule has 50 valence electrons. The van der Waals surface area contributed by atoms with Crippen LogP contribution in [-0.2, 0) is 9.59 Å². The zero-order valence-corrected chi connectivity index (χ0v) is 5.35. The second-order valence-electron chi connectivity index (χ2n) is 1.85. The van der Waals surface area contributed by atoms with Gasteiger partial charge in [0.1, 0.15) is 0 Å². The van der Waals surface area contributed by atoms with E-state index in [1.165, 1.54) is 0 Å². The first-order valence-corrected chi connectivity index (χ1v) is 3.12. The van der Waals surface area contributed by atoms with Gasteiger partial charge >= 0.3 is 0 Å². The zero-order chi connectivity index (χ0) is 6.95. The summed E-state index contributed by atoms with van der Waals surface area (Å²) in [5.41, 5.74) is 0. The van der Waals surface area contributed by atoms with E-state index in [9.17, 15) is 9.59 Å². The summed E-state index contributed by atoms with van der Waals surface area (Å²) in [5.74, 6) is 0. The molecular weight excluding hydrogens is 116 g/mol. The molecule has 0 saturated heterocycles. The predicted molar refractivity (Wildman–Crippen MR) is 34.5 cm³/mol. The Morgan fingerprint density at radius 2 is 1.22 bits per heavy atom.